The summed E-state index contributed by atoms with van der Waals surface area (Å²) in [5.74, 6) is -1.68. The molecule has 0 radical (unpaired) electrons. The molecule has 0 saturated carbocycles. The topological polar surface area (TPSA) is 88.1 Å². The molecule has 0 spiro atoms. The summed E-state index contributed by atoms with van der Waals surface area (Å²) in [4.78, 5) is 39.8. The van der Waals surface area contributed by atoms with Crippen LogP contribution in [0.1, 0.15) is 89.0 Å². The summed E-state index contributed by atoms with van der Waals surface area (Å²) in [7, 11) is -2.24. The monoisotopic (exact) mass is 644 g/mol. The molecule has 0 fully saturated rings. The van der Waals surface area contributed by atoms with Crippen LogP contribution in [0.4, 0.5) is 4.79 Å². The van der Waals surface area contributed by atoms with E-state index in [2.05, 4.69) is 27.4 Å². The van der Waals surface area contributed by atoms with Gasteiger partial charge in [-0.3, -0.25) is 9.59 Å². The van der Waals surface area contributed by atoms with Gasteiger partial charge in [0, 0.05) is 5.41 Å². The van der Waals surface area contributed by atoms with E-state index in [1.165, 1.54) is 0 Å². The van der Waals surface area contributed by atoms with Gasteiger partial charge in [-0.05, 0) is 58.2 Å². The second-order valence-corrected chi connectivity index (χ2v) is 19.6. The molecule has 0 amide bonds. The van der Waals surface area contributed by atoms with E-state index in [0.717, 1.165) is 23.7 Å². The molecular formula is C29H51Cl3O7Si. The van der Waals surface area contributed by atoms with Crippen LogP contribution in [0.15, 0.2) is 12.2 Å². The van der Waals surface area contributed by atoms with Crippen molar-refractivity contribution < 1.29 is 33.0 Å². The van der Waals surface area contributed by atoms with E-state index in [1.54, 1.807) is 41.5 Å². The van der Waals surface area contributed by atoms with Crippen LogP contribution in [-0.2, 0) is 28.2 Å². The second kappa shape index (κ2) is 16.2. The van der Waals surface area contributed by atoms with Crippen LogP contribution < -0.4 is 0 Å². The van der Waals surface area contributed by atoms with E-state index >= 15 is 0 Å². The van der Waals surface area contributed by atoms with Crippen molar-refractivity contribution in [1.29, 1.82) is 0 Å². The Bertz CT molecular complexity index is 852. The lowest BCUT2D eigenvalue weighted by Crippen LogP contribution is -2.52. The van der Waals surface area contributed by atoms with Gasteiger partial charge in [-0.15, -0.1) is 6.58 Å². The van der Waals surface area contributed by atoms with Gasteiger partial charge in [-0.1, -0.05) is 88.8 Å². The summed E-state index contributed by atoms with van der Waals surface area (Å²) in [6, 6.07) is 2.54. The predicted octanol–water partition coefficient (Wildman–Crippen LogP) is 8.83. The highest BCUT2D eigenvalue weighted by atomic mass is 35.6. The Morgan fingerprint density at radius 2 is 1.40 bits per heavy atom. The van der Waals surface area contributed by atoms with Crippen LogP contribution in [0, 0.1) is 17.3 Å². The highest BCUT2D eigenvalue weighted by molar-refractivity contribution is 6.73. The van der Waals surface area contributed by atoms with Gasteiger partial charge >= 0.3 is 12.1 Å². The molecule has 0 N–H and O–H groups in total. The van der Waals surface area contributed by atoms with Gasteiger partial charge in [0.1, 0.15) is 24.1 Å². The average Bonchev–Trinajstić information content (AvgIpc) is 2.80. The molecule has 0 aliphatic heterocycles. The molecule has 0 saturated heterocycles. The summed E-state index contributed by atoms with van der Waals surface area (Å²) in [6.45, 7) is 24.1. The van der Waals surface area contributed by atoms with Gasteiger partial charge in [-0.2, -0.15) is 0 Å². The van der Waals surface area contributed by atoms with Gasteiger partial charge in [0.15, 0.2) is 8.32 Å². The molecule has 0 bridgehead atoms. The number of halogens is 3. The average molecular weight is 646 g/mol. The van der Waals surface area contributed by atoms with Gasteiger partial charge in [0.05, 0.1) is 18.4 Å². The van der Waals surface area contributed by atoms with Crippen LogP contribution in [0.2, 0.25) is 18.1 Å². The summed E-state index contributed by atoms with van der Waals surface area (Å²) in [5.41, 5.74) is -0.924. The molecule has 0 aromatic heterocycles. The van der Waals surface area contributed by atoms with Crippen molar-refractivity contribution >= 4 is 61.0 Å². The number of allylic oxidation sites excluding steroid dienone is 1. The molecule has 0 aromatic carbocycles. The van der Waals surface area contributed by atoms with E-state index in [4.69, 9.17) is 53.4 Å². The van der Waals surface area contributed by atoms with Crippen molar-refractivity contribution in [2.75, 3.05) is 6.61 Å². The first-order valence-electron chi connectivity index (χ1n) is 14.0. The Kier molecular flexibility index (Phi) is 15.8. The predicted molar refractivity (Wildman–Crippen MR) is 166 cm³/mol. The van der Waals surface area contributed by atoms with E-state index in [1.807, 2.05) is 13.8 Å². The minimum atomic E-state index is -2.24. The minimum absolute atomic E-state index is 0.0738. The lowest BCUT2D eigenvalue weighted by atomic mass is 9.73. The third-order valence-corrected chi connectivity index (χ3v) is 12.2. The maximum atomic E-state index is 14.2. The molecule has 0 heterocycles. The van der Waals surface area contributed by atoms with Gasteiger partial charge in [0.2, 0.25) is 3.79 Å². The fraction of sp³-hybridized carbons (Fsp3) is 0.828. The number of Topliss-reactive ketones (excluding diaryl/α,β-unsaturated/α-hetero) is 1. The van der Waals surface area contributed by atoms with E-state index < -0.39 is 60.0 Å². The second-order valence-electron chi connectivity index (χ2n) is 12.4. The zero-order chi connectivity index (χ0) is 31.7. The fourth-order valence-corrected chi connectivity index (χ4v) is 7.98. The largest absolute Gasteiger partial charge is 0.508 e. The zero-order valence-corrected chi connectivity index (χ0v) is 29.5. The van der Waals surface area contributed by atoms with E-state index in [0.29, 0.717) is 6.42 Å². The first-order chi connectivity index (χ1) is 18.0. The number of ether oxygens (including phenoxy) is 3. The molecule has 4 atom stereocenters. The standard InChI is InChI=1S/C29H51Cl3O7Si/c1-13-40(14-2,15-3)39-22(17-23(33)38-27(8,9)10)28(11,12)25(34)21(7)24(20(6)16-19(4)5)37-26(35)36-18-29(30,31)32/h20-22,24H,4,13-18H2,1-3,5-12H3/t20-,21+,22-,24-/m0/s1. The molecule has 40 heavy (non-hydrogen) atoms. The summed E-state index contributed by atoms with van der Waals surface area (Å²) < 4.78 is 21.3. The maximum absolute atomic E-state index is 14.2. The van der Waals surface area contributed by atoms with Crippen molar-refractivity contribution in [3.63, 3.8) is 0 Å². The Balaban J connectivity index is 6.36. The van der Waals surface area contributed by atoms with Crippen molar-refractivity contribution in [2.24, 2.45) is 17.3 Å². The fourth-order valence-electron chi connectivity index (χ4n) is 4.84. The minimum Gasteiger partial charge on any atom is -0.460 e. The number of hydrogen-bond donors (Lipinski definition) is 0. The quantitative estimate of drug-likeness (QED) is 0.0717. The number of ketones is 1. The number of rotatable bonds is 16. The number of esters is 1. The highest BCUT2D eigenvalue weighted by Crippen LogP contribution is 2.38. The Morgan fingerprint density at radius 1 is 0.900 bits per heavy atom. The summed E-state index contributed by atoms with van der Waals surface area (Å²) >= 11 is 17.1. The molecular weight excluding hydrogens is 595 g/mol. The summed E-state index contributed by atoms with van der Waals surface area (Å²) in [5, 5.41) is 0. The molecule has 7 nitrogen and oxygen atoms in total. The zero-order valence-electron chi connectivity index (χ0n) is 26.3. The normalized spacial score (nSPS) is 15.9. The lowest BCUT2D eigenvalue weighted by Gasteiger charge is -2.42. The van der Waals surface area contributed by atoms with Gasteiger partial charge in [0.25, 0.3) is 0 Å². The first-order valence-corrected chi connectivity index (χ1v) is 17.7. The van der Waals surface area contributed by atoms with Crippen LogP contribution >= 0.6 is 34.8 Å². The molecule has 0 aromatic rings. The number of alkyl halides is 3. The Morgan fingerprint density at radius 3 is 1.80 bits per heavy atom. The van der Waals surface area contributed by atoms with Crippen molar-refractivity contribution in [1.82, 2.24) is 0 Å². The van der Waals surface area contributed by atoms with Crippen LogP contribution in [-0.4, -0.2) is 54.4 Å². The first kappa shape index (κ1) is 39.2. The third-order valence-electron chi connectivity index (χ3n) is 7.26. The lowest BCUT2D eigenvalue weighted by molar-refractivity contribution is -0.159. The van der Waals surface area contributed by atoms with Crippen LogP contribution in [0.3, 0.4) is 0 Å². The van der Waals surface area contributed by atoms with Crippen LogP contribution in [0.25, 0.3) is 0 Å². The molecule has 0 aliphatic carbocycles. The third kappa shape index (κ3) is 13.4. The van der Waals surface area contributed by atoms with Gasteiger partial charge in [-0.25, -0.2) is 4.79 Å². The van der Waals surface area contributed by atoms with E-state index in [9.17, 15) is 14.4 Å². The van der Waals surface area contributed by atoms with Crippen LogP contribution in [0.5, 0.6) is 0 Å². The summed E-state index contributed by atoms with van der Waals surface area (Å²) in [6.07, 6.45) is -2.19. The maximum Gasteiger partial charge on any atom is 0.508 e. The smallest absolute Gasteiger partial charge is 0.460 e. The van der Waals surface area contributed by atoms with Crippen molar-refractivity contribution in [2.45, 2.75) is 129 Å². The van der Waals surface area contributed by atoms with Crippen molar-refractivity contribution in [3.8, 4) is 0 Å². The Labute approximate surface area is 258 Å². The molecule has 0 rings (SSSR count). The molecule has 0 unspecified atom stereocenters. The highest BCUT2D eigenvalue weighted by Gasteiger charge is 2.47. The molecule has 234 valence electrons. The molecule has 11 heteroatoms. The molecule has 0 aliphatic rings. The van der Waals surface area contributed by atoms with Gasteiger partial charge < -0.3 is 18.6 Å². The van der Waals surface area contributed by atoms with E-state index in [-0.39, 0.29) is 18.1 Å². The number of carbonyl (C=O) groups excluding carboxylic acids is 3. The number of carbonyl (C=O) groups is 3. The SMILES string of the molecule is C=C(C)C[C@H](C)[C@H](OC(=O)OCC(Cl)(Cl)Cl)[C@@H](C)C(=O)C(C)(C)[C@H](CC(=O)OC(C)(C)C)O[Si](CC)(CC)CC. The number of hydrogen-bond acceptors (Lipinski definition) is 7. The van der Waals surface area contributed by atoms with Crippen molar-refractivity contribution in [3.05, 3.63) is 12.2 Å². The Hall–Kier alpha value is -0.803.